The molecule has 19 heavy (non-hydrogen) atoms. The molecule has 1 aliphatic rings. The zero-order valence-electron chi connectivity index (χ0n) is 11.5. The lowest BCUT2D eigenvalue weighted by atomic mass is 10.1. The molecule has 1 aromatic carbocycles. The van der Waals surface area contributed by atoms with E-state index in [1.807, 2.05) is 6.92 Å². The molecule has 1 atom stereocenters. The summed E-state index contributed by atoms with van der Waals surface area (Å²) in [6.45, 7) is 6.19. The van der Waals surface area contributed by atoms with E-state index in [0.717, 1.165) is 13.1 Å². The van der Waals surface area contributed by atoms with Crippen LogP contribution in [0.2, 0.25) is 0 Å². The van der Waals surface area contributed by atoms with Gasteiger partial charge in [-0.1, -0.05) is 6.42 Å². The average Bonchev–Trinajstić information content (AvgIpc) is 2.42. The Balaban J connectivity index is 1.80. The predicted octanol–water partition coefficient (Wildman–Crippen LogP) is 2.67. The molecule has 4 heteroatoms. The molecule has 1 unspecified atom stereocenters. The van der Waals surface area contributed by atoms with Gasteiger partial charge in [0, 0.05) is 24.7 Å². The van der Waals surface area contributed by atoms with Crippen LogP contribution in [0.1, 0.15) is 37.8 Å². The van der Waals surface area contributed by atoms with Crippen LogP contribution in [0.5, 0.6) is 5.75 Å². The molecule has 2 rings (SSSR count). The van der Waals surface area contributed by atoms with E-state index in [0.29, 0.717) is 5.56 Å². The molecule has 0 amide bonds. The van der Waals surface area contributed by atoms with Gasteiger partial charge in [0.05, 0.1) is 0 Å². The molecular weight excluding hydrogens is 243 g/mol. The fourth-order valence-corrected chi connectivity index (χ4v) is 2.60. The maximum Gasteiger partial charge on any atom is 0.123 e. The number of phenolic OH excluding ortho intramolecular Hbond substituents is 1. The SMILES string of the molecule is CC(NCCN1CCCCC1)c1cc(F)ccc1O. The van der Waals surface area contributed by atoms with Gasteiger partial charge < -0.3 is 15.3 Å². The number of benzene rings is 1. The lowest BCUT2D eigenvalue weighted by Crippen LogP contribution is -2.36. The molecule has 1 aliphatic heterocycles. The van der Waals surface area contributed by atoms with Crippen molar-refractivity contribution in [3.63, 3.8) is 0 Å². The van der Waals surface area contributed by atoms with E-state index in [1.54, 1.807) is 0 Å². The number of phenols is 1. The summed E-state index contributed by atoms with van der Waals surface area (Å²) >= 11 is 0. The zero-order valence-corrected chi connectivity index (χ0v) is 11.5. The van der Waals surface area contributed by atoms with E-state index < -0.39 is 0 Å². The van der Waals surface area contributed by atoms with Gasteiger partial charge >= 0.3 is 0 Å². The van der Waals surface area contributed by atoms with E-state index in [4.69, 9.17) is 0 Å². The maximum atomic E-state index is 13.2. The first-order valence-corrected chi connectivity index (χ1v) is 7.11. The van der Waals surface area contributed by atoms with Gasteiger partial charge in [0.1, 0.15) is 11.6 Å². The quantitative estimate of drug-likeness (QED) is 0.860. The third-order valence-electron chi connectivity index (χ3n) is 3.78. The van der Waals surface area contributed by atoms with Crippen LogP contribution >= 0.6 is 0 Å². The highest BCUT2D eigenvalue weighted by Crippen LogP contribution is 2.24. The number of nitrogens with one attached hydrogen (secondary N) is 1. The van der Waals surface area contributed by atoms with Gasteiger partial charge in [-0.3, -0.25) is 0 Å². The highest BCUT2D eigenvalue weighted by Gasteiger charge is 2.13. The summed E-state index contributed by atoms with van der Waals surface area (Å²) in [6.07, 6.45) is 3.93. The molecule has 0 saturated carbocycles. The normalized spacial score (nSPS) is 18.4. The molecule has 1 fully saturated rings. The van der Waals surface area contributed by atoms with Gasteiger partial charge in [0.15, 0.2) is 0 Å². The number of rotatable bonds is 5. The Hall–Kier alpha value is -1.13. The van der Waals surface area contributed by atoms with Crippen molar-refractivity contribution < 1.29 is 9.50 Å². The molecule has 3 nitrogen and oxygen atoms in total. The summed E-state index contributed by atoms with van der Waals surface area (Å²) in [6, 6.07) is 4.04. The van der Waals surface area contributed by atoms with Crippen LogP contribution in [0, 0.1) is 5.82 Å². The monoisotopic (exact) mass is 266 g/mol. The second-order valence-corrected chi connectivity index (χ2v) is 5.28. The third kappa shape index (κ3) is 4.18. The number of hydrogen-bond donors (Lipinski definition) is 2. The topological polar surface area (TPSA) is 35.5 Å². The van der Waals surface area contributed by atoms with E-state index in [2.05, 4.69) is 10.2 Å². The summed E-state index contributed by atoms with van der Waals surface area (Å²) in [4.78, 5) is 2.45. The minimum atomic E-state index is -0.308. The van der Waals surface area contributed by atoms with Crippen LogP contribution in [0.25, 0.3) is 0 Å². The minimum absolute atomic E-state index is 0.0412. The number of aromatic hydroxyl groups is 1. The lowest BCUT2D eigenvalue weighted by Gasteiger charge is -2.27. The van der Waals surface area contributed by atoms with E-state index in [-0.39, 0.29) is 17.6 Å². The van der Waals surface area contributed by atoms with Gasteiger partial charge in [-0.15, -0.1) is 0 Å². The highest BCUT2D eigenvalue weighted by molar-refractivity contribution is 5.34. The molecule has 1 aromatic rings. The fourth-order valence-electron chi connectivity index (χ4n) is 2.60. The molecule has 0 bridgehead atoms. The minimum Gasteiger partial charge on any atom is -0.508 e. The first kappa shape index (κ1) is 14.3. The second-order valence-electron chi connectivity index (χ2n) is 5.28. The van der Waals surface area contributed by atoms with Gasteiger partial charge in [-0.25, -0.2) is 4.39 Å². The average molecular weight is 266 g/mol. The fraction of sp³-hybridized carbons (Fsp3) is 0.600. The Morgan fingerprint density at radius 3 is 2.79 bits per heavy atom. The summed E-state index contributed by atoms with van der Waals surface area (Å²) in [5, 5.41) is 13.1. The standard InChI is InChI=1S/C15H23FN2O/c1-12(14-11-13(16)5-6-15(14)19)17-7-10-18-8-3-2-4-9-18/h5-6,11-12,17,19H,2-4,7-10H2,1H3. The second kappa shape index (κ2) is 6.87. The zero-order chi connectivity index (χ0) is 13.7. The van der Waals surface area contributed by atoms with Crippen molar-refractivity contribution in [2.75, 3.05) is 26.2 Å². The van der Waals surface area contributed by atoms with Crippen molar-refractivity contribution in [1.29, 1.82) is 0 Å². The van der Waals surface area contributed by atoms with Crippen molar-refractivity contribution >= 4 is 0 Å². The van der Waals surface area contributed by atoms with Gasteiger partial charge in [0.2, 0.25) is 0 Å². The molecule has 0 spiro atoms. The van der Waals surface area contributed by atoms with Crippen LogP contribution in [-0.2, 0) is 0 Å². The van der Waals surface area contributed by atoms with Crippen molar-refractivity contribution in [1.82, 2.24) is 10.2 Å². The van der Waals surface area contributed by atoms with Crippen LogP contribution in [0.15, 0.2) is 18.2 Å². The lowest BCUT2D eigenvalue weighted by molar-refractivity contribution is 0.226. The Morgan fingerprint density at radius 1 is 1.32 bits per heavy atom. The Labute approximate surface area is 114 Å². The van der Waals surface area contributed by atoms with E-state index >= 15 is 0 Å². The maximum absolute atomic E-state index is 13.2. The Bertz CT molecular complexity index is 405. The predicted molar refractivity (Wildman–Crippen MR) is 74.8 cm³/mol. The molecule has 106 valence electrons. The molecule has 1 heterocycles. The van der Waals surface area contributed by atoms with Gasteiger partial charge in [-0.05, 0) is 51.1 Å². The van der Waals surface area contributed by atoms with E-state index in [9.17, 15) is 9.50 Å². The van der Waals surface area contributed by atoms with Crippen molar-refractivity contribution in [3.05, 3.63) is 29.6 Å². The Kier molecular flexibility index (Phi) is 5.16. The molecule has 0 aromatic heterocycles. The van der Waals surface area contributed by atoms with Crippen LogP contribution < -0.4 is 5.32 Å². The summed E-state index contributed by atoms with van der Waals surface area (Å²) in [7, 11) is 0. The van der Waals surface area contributed by atoms with Crippen molar-refractivity contribution in [3.8, 4) is 5.75 Å². The number of halogens is 1. The van der Waals surface area contributed by atoms with Crippen LogP contribution in [0.4, 0.5) is 4.39 Å². The van der Waals surface area contributed by atoms with E-state index in [1.165, 1.54) is 50.6 Å². The van der Waals surface area contributed by atoms with Crippen LogP contribution in [-0.4, -0.2) is 36.2 Å². The smallest absolute Gasteiger partial charge is 0.123 e. The molecule has 0 aliphatic carbocycles. The largest absolute Gasteiger partial charge is 0.508 e. The Morgan fingerprint density at radius 2 is 2.05 bits per heavy atom. The molecule has 0 radical (unpaired) electrons. The molecular formula is C15H23FN2O. The van der Waals surface area contributed by atoms with Gasteiger partial charge in [-0.2, -0.15) is 0 Å². The number of likely N-dealkylation sites (tertiary alicyclic amines) is 1. The summed E-state index contributed by atoms with van der Waals surface area (Å²) in [5.41, 5.74) is 0.624. The highest BCUT2D eigenvalue weighted by atomic mass is 19.1. The van der Waals surface area contributed by atoms with Crippen molar-refractivity contribution in [2.24, 2.45) is 0 Å². The first-order chi connectivity index (χ1) is 9.16. The number of piperidine rings is 1. The van der Waals surface area contributed by atoms with Crippen molar-refractivity contribution in [2.45, 2.75) is 32.2 Å². The molecule has 1 saturated heterocycles. The van der Waals surface area contributed by atoms with Gasteiger partial charge in [0.25, 0.3) is 0 Å². The molecule has 2 N–H and O–H groups in total. The number of nitrogens with zero attached hydrogens (tertiary/aromatic N) is 1. The summed E-state index contributed by atoms with van der Waals surface area (Å²) in [5.74, 6) is -0.156. The van der Waals surface area contributed by atoms with Crippen LogP contribution in [0.3, 0.4) is 0 Å². The third-order valence-corrected chi connectivity index (χ3v) is 3.78. The summed E-state index contributed by atoms with van der Waals surface area (Å²) < 4.78 is 13.2. The first-order valence-electron chi connectivity index (χ1n) is 7.11. The number of hydrogen-bond acceptors (Lipinski definition) is 3.